The lowest BCUT2D eigenvalue weighted by Crippen LogP contribution is -2.46. The van der Waals surface area contributed by atoms with Gasteiger partial charge >= 0.3 is 6.09 Å². The van der Waals surface area contributed by atoms with Crippen molar-refractivity contribution in [2.24, 2.45) is 0 Å². The molecule has 1 aromatic heterocycles. The van der Waals surface area contributed by atoms with Gasteiger partial charge in [0.15, 0.2) is 0 Å². The number of amides is 1. The molecule has 1 rings (SSSR count). The Morgan fingerprint density at radius 3 is 2.33 bits per heavy atom. The third-order valence-corrected chi connectivity index (χ3v) is 2.63. The molecule has 100 valence electrons. The van der Waals surface area contributed by atoms with E-state index in [4.69, 9.17) is 10.5 Å². The van der Waals surface area contributed by atoms with Crippen LogP contribution in [-0.2, 0) is 4.74 Å². The smallest absolute Gasteiger partial charge is 0.414 e. The molecule has 1 amide bonds. The molecule has 0 spiro atoms. The Labute approximate surface area is 108 Å². The van der Waals surface area contributed by atoms with E-state index in [-0.39, 0.29) is 0 Å². The standard InChI is InChI=1S/C13H21N3O2/c1-8-7-10(14)15-9(2)11(8)16(12(17)18-6)13(3,4)5/h7H,1-6H3,(H2,14,15). The quantitative estimate of drug-likeness (QED) is 0.833. The van der Waals surface area contributed by atoms with Crippen LogP contribution in [0.1, 0.15) is 32.0 Å². The second kappa shape index (κ2) is 4.84. The van der Waals surface area contributed by atoms with Crippen LogP contribution in [0.15, 0.2) is 6.07 Å². The first-order valence-corrected chi connectivity index (χ1v) is 5.80. The molecular formula is C13H21N3O2. The minimum atomic E-state index is -0.403. The highest BCUT2D eigenvalue weighted by Crippen LogP contribution is 2.31. The van der Waals surface area contributed by atoms with Crippen LogP contribution < -0.4 is 10.6 Å². The van der Waals surface area contributed by atoms with E-state index in [9.17, 15) is 4.79 Å². The molecule has 18 heavy (non-hydrogen) atoms. The Morgan fingerprint density at radius 2 is 1.94 bits per heavy atom. The first-order valence-electron chi connectivity index (χ1n) is 5.80. The number of rotatable bonds is 1. The second-order valence-electron chi connectivity index (χ2n) is 5.27. The SMILES string of the molecule is COC(=O)N(c1c(C)cc(N)nc1C)C(C)(C)C. The Hall–Kier alpha value is -1.78. The maximum absolute atomic E-state index is 12.0. The molecule has 0 aliphatic rings. The zero-order chi connectivity index (χ0) is 14.1. The molecule has 0 unspecified atom stereocenters. The highest BCUT2D eigenvalue weighted by Gasteiger charge is 2.31. The fraction of sp³-hybridized carbons (Fsp3) is 0.538. The summed E-state index contributed by atoms with van der Waals surface area (Å²) in [5.41, 5.74) is 7.67. The van der Waals surface area contributed by atoms with Crippen molar-refractivity contribution < 1.29 is 9.53 Å². The summed E-state index contributed by atoms with van der Waals surface area (Å²) in [6.07, 6.45) is -0.403. The lowest BCUT2D eigenvalue weighted by atomic mass is 10.0. The van der Waals surface area contributed by atoms with Crippen LogP contribution in [0, 0.1) is 13.8 Å². The van der Waals surface area contributed by atoms with Crippen molar-refractivity contribution in [2.75, 3.05) is 17.7 Å². The van der Waals surface area contributed by atoms with E-state index in [0.29, 0.717) is 11.5 Å². The Morgan fingerprint density at radius 1 is 1.39 bits per heavy atom. The van der Waals surface area contributed by atoms with Crippen molar-refractivity contribution in [3.63, 3.8) is 0 Å². The van der Waals surface area contributed by atoms with Crippen LogP contribution in [0.5, 0.6) is 0 Å². The van der Waals surface area contributed by atoms with E-state index >= 15 is 0 Å². The van der Waals surface area contributed by atoms with Gasteiger partial charge in [0.2, 0.25) is 0 Å². The maximum atomic E-state index is 12.0. The molecule has 0 atom stereocenters. The number of nitrogen functional groups attached to an aromatic ring is 1. The van der Waals surface area contributed by atoms with Crippen molar-refractivity contribution in [3.8, 4) is 0 Å². The zero-order valence-corrected chi connectivity index (χ0v) is 11.9. The molecular weight excluding hydrogens is 230 g/mol. The van der Waals surface area contributed by atoms with E-state index < -0.39 is 11.6 Å². The number of pyridine rings is 1. The summed E-state index contributed by atoms with van der Waals surface area (Å²) < 4.78 is 4.86. The summed E-state index contributed by atoms with van der Waals surface area (Å²) in [6.45, 7) is 9.57. The summed E-state index contributed by atoms with van der Waals surface area (Å²) >= 11 is 0. The van der Waals surface area contributed by atoms with Gasteiger partial charge in [-0.15, -0.1) is 0 Å². The number of carbonyl (C=O) groups excluding carboxylic acids is 1. The first-order chi connectivity index (χ1) is 8.18. The van der Waals surface area contributed by atoms with E-state index in [2.05, 4.69) is 4.98 Å². The molecule has 0 saturated carbocycles. The fourth-order valence-electron chi connectivity index (χ4n) is 1.98. The van der Waals surface area contributed by atoms with Crippen LogP contribution in [0.3, 0.4) is 0 Å². The van der Waals surface area contributed by atoms with Crippen LogP contribution in [0.25, 0.3) is 0 Å². The average Bonchev–Trinajstić information content (AvgIpc) is 2.20. The van der Waals surface area contributed by atoms with Crippen molar-refractivity contribution in [2.45, 2.75) is 40.2 Å². The topological polar surface area (TPSA) is 68.5 Å². The van der Waals surface area contributed by atoms with Gasteiger partial charge in [-0.25, -0.2) is 9.78 Å². The molecule has 1 aromatic rings. The van der Waals surface area contributed by atoms with Gasteiger partial charge in [0, 0.05) is 5.54 Å². The first kappa shape index (κ1) is 14.3. The maximum Gasteiger partial charge on any atom is 0.414 e. The number of hydrogen-bond donors (Lipinski definition) is 1. The predicted molar refractivity (Wildman–Crippen MR) is 72.8 cm³/mol. The van der Waals surface area contributed by atoms with Crippen LogP contribution in [-0.4, -0.2) is 23.7 Å². The van der Waals surface area contributed by atoms with Crippen LogP contribution in [0.4, 0.5) is 16.3 Å². The number of nitrogens with two attached hydrogens (primary N) is 1. The molecule has 1 heterocycles. The number of anilines is 2. The van der Waals surface area contributed by atoms with Gasteiger partial charge in [-0.05, 0) is 46.2 Å². The monoisotopic (exact) mass is 251 g/mol. The van der Waals surface area contributed by atoms with Crippen LogP contribution in [0.2, 0.25) is 0 Å². The molecule has 2 N–H and O–H groups in total. The second-order valence-corrected chi connectivity index (χ2v) is 5.27. The largest absolute Gasteiger partial charge is 0.452 e. The van der Waals surface area contributed by atoms with Crippen molar-refractivity contribution in [1.29, 1.82) is 0 Å². The van der Waals surface area contributed by atoms with Crippen LogP contribution >= 0.6 is 0 Å². The number of hydrogen-bond acceptors (Lipinski definition) is 4. The molecule has 0 bridgehead atoms. The van der Waals surface area contributed by atoms with Gasteiger partial charge in [-0.2, -0.15) is 0 Å². The van der Waals surface area contributed by atoms with Crippen molar-refractivity contribution >= 4 is 17.6 Å². The molecule has 0 saturated heterocycles. The summed E-state index contributed by atoms with van der Waals surface area (Å²) in [5.74, 6) is 0.451. The summed E-state index contributed by atoms with van der Waals surface area (Å²) in [7, 11) is 1.37. The minimum Gasteiger partial charge on any atom is -0.452 e. The highest BCUT2D eigenvalue weighted by molar-refractivity contribution is 5.91. The Kier molecular flexibility index (Phi) is 3.84. The van der Waals surface area contributed by atoms with Gasteiger partial charge in [0.25, 0.3) is 0 Å². The average molecular weight is 251 g/mol. The Balaban J connectivity index is 3.44. The molecule has 0 aliphatic carbocycles. The number of nitrogens with zero attached hydrogens (tertiary/aromatic N) is 2. The number of carbonyl (C=O) groups is 1. The lowest BCUT2D eigenvalue weighted by molar-refractivity contribution is 0.172. The number of ether oxygens (including phenoxy) is 1. The molecule has 0 aromatic carbocycles. The number of aryl methyl sites for hydroxylation is 2. The van der Waals surface area contributed by atoms with Gasteiger partial charge in [-0.3, -0.25) is 4.90 Å². The molecule has 0 radical (unpaired) electrons. The normalized spacial score (nSPS) is 11.2. The number of aromatic nitrogens is 1. The highest BCUT2D eigenvalue weighted by atomic mass is 16.5. The van der Waals surface area contributed by atoms with E-state index in [0.717, 1.165) is 11.3 Å². The Bertz CT molecular complexity index is 441. The lowest BCUT2D eigenvalue weighted by Gasteiger charge is -2.36. The molecule has 0 aliphatic heterocycles. The minimum absolute atomic E-state index is 0.402. The molecule has 5 nitrogen and oxygen atoms in total. The zero-order valence-electron chi connectivity index (χ0n) is 11.9. The summed E-state index contributed by atoms with van der Waals surface area (Å²) in [4.78, 5) is 17.8. The van der Waals surface area contributed by atoms with Gasteiger partial charge in [0.1, 0.15) is 5.82 Å². The van der Waals surface area contributed by atoms with E-state index in [1.54, 1.807) is 11.0 Å². The summed E-state index contributed by atoms with van der Waals surface area (Å²) in [6, 6.07) is 1.75. The van der Waals surface area contributed by atoms with Gasteiger partial charge in [-0.1, -0.05) is 0 Å². The number of methoxy groups -OCH3 is 1. The fourth-order valence-corrected chi connectivity index (χ4v) is 1.98. The summed E-state index contributed by atoms with van der Waals surface area (Å²) in [5, 5.41) is 0. The van der Waals surface area contributed by atoms with E-state index in [1.165, 1.54) is 7.11 Å². The van der Waals surface area contributed by atoms with Crippen molar-refractivity contribution in [1.82, 2.24) is 4.98 Å². The van der Waals surface area contributed by atoms with Gasteiger partial charge in [0.05, 0.1) is 18.5 Å². The third kappa shape index (κ3) is 2.72. The molecule has 0 fully saturated rings. The molecule has 5 heteroatoms. The van der Waals surface area contributed by atoms with E-state index in [1.807, 2.05) is 34.6 Å². The van der Waals surface area contributed by atoms with Gasteiger partial charge < -0.3 is 10.5 Å². The third-order valence-electron chi connectivity index (χ3n) is 2.63. The predicted octanol–water partition coefficient (Wildman–Crippen LogP) is 2.65. The van der Waals surface area contributed by atoms with Crippen molar-refractivity contribution in [3.05, 3.63) is 17.3 Å².